The van der Waals surface area contributed by atoms with Gasteiger partial charge in [-0.3, -0.25) is 13.9 Å². The second-order valence-electron chi connectivity index (χ2n) is 9.59. The molecule has 0 spiro atoms. The number of carbonyl (C=O) groups is 2. The number of sulfonamides is 1. The highest BCUT2D eigenvalue weighted by Crippen LogP contribution is 2.24. The Morgan fingerprint density at radius 3 is 2.22 bits per heavy atom. The van der Waals surface area contributed by atoms with Gasteiger partial charge in [0.05, 0.1) is 11.9 Å². The average Bonchev–Trinajstić information content (AvgIpc) is 2.74. The number of rotatable bonds is 10. The van der Waals surface area contributed by atoms with Crippen LogP contribution in [0.2, 0.25) is 10.0 Å². The Balaban J connectivity index is 2.22. The Kier molecular flexibility index (Phi) is 10.2. The lowest BCUT2D eigenvalue weighted by atomic mass is 10.1. The van der Waals surface area contributed by atoms with E-state index in [4.69, 9.17) is 23.2 Å². The van der Waals surface area contributed by atoms with E-state index in [0.717, 1.165) is 10.6 Å². The molecule has 11 heteroatoms. The Labute approximate surface area is 222 Å². The van der Waals surface area contributed by atoms with E-state index in [1.54, 1.807) is 25.1 Å². The van der Waals surface area contributed by atoms with Crippen molar-refractivity contribution in [2.24, 2.45) is 0 Å². The van der Waals surface area contributed by atoms with Crippen molar-refractivity contribution in [3.05, 3.63) is 63.9 Å². The second kappa shape index (κ2) is 12.3. The van der Waals surface area contributed by atoms with E-state index in [9.17, 15) is 22.4 Å². The topological polar surface area (TPSA) is 86.8 Å². The first-order valence-corrected chi connectivity index (χ1v) is 14.0. The van der Waals surface area contributed by atoms with Crippen molar-refractivity contribution in [3.8, 4) is 0 Å². The molecule has 0 aliphatic heterocycles. The van der Waals surface area contributed by atoms with Crippen LogP contribution in [-0.2, 0) is 26.2 Å². The Morgan fingerprint density at radius 2 is 1.69 bits per heavy atom. The summed E-state index contributed by atoms with van der Waals surface area (Å²) in [5, 5.41) is 3.69. The summed E-state index contributed by atoms with van der Waals surface area (Å²) in [6.45, 7) is 7.24. The van der Waals surface area contributed by atoms with Gasteiger partial charge < -0.3 is 10.2 Å². The first kappa shape index (κ1) is 29.9. The van der Waals surface area contributed by atoms with Gasteiger partial charge in [-0.15, -0.1) is 0 Å². The predicted octanol–water partition coefficient (Wildman–Crippen LogP) is 5.01. The molecule has 0 aromatic heterocycles. The minimum absolute atomic E-state index is 0.00825. The zero-order valence-corrected chi connectivity index (χ0v) is 23.3. The molecular formula is C25H32Cl2FN3O4S. The lowest BCUT2D eigenvalue weighted by Gasteiger charge is -2.32. The highest BCUT2D eigenvalue weighted by Gasteiger charge is 2.29. The van der Waals surface area contributed by atoms with Crippen molar-refractivity contribution >= 4 is 50.7 Å². The average molecular weight is 561 g/mol. The van der Waals surface area contributed by atoms with Gasteiger partial charge in [-0.05, 0) is 76.1 Å². The van der Waals surface area contributed by atoms with Crippen molar-refractivity contribution in [2.45, 2.75) is 58.7 Å². The molecule has 0 heterocycles. The molecule has 1 atom stereocenters. The summed E-state index contributed by atoms with van der Waals surface area (Å²) in [6, 6.07) is 9.17. The molecule has 2 rings (SSSR count). The molecule has 0 fully saturated rings. The van der Waals surface area contributed by atoms with Crippen molar-refractivity contribution < 1.29 is 22.4 Å². The molecule has 2 aromatic carbocycles. The fourth-order valence-electron chi connectivity index (χ4n) is 3.50. The van der Waals surface area contributed by atoms with E-state index in [-0.39, 0.29) is 37.7 Å². The Hall–Kier alpha value is -2.36. The van der Waals surface area contributed by atoms with Gasteiger partial charge in [-0.2, -0.15) is 0 Å². The first-order valence-electron chi connectivity index (χ1n) is 11.4. The number of hydrogen-bond donors (Lipinski definition) is 1. The van der Waals surface area contributed by atoms with Crippen LogP contribution in [-0.4, -0.2) is 49.5 Å². The smallest absolute Gasteiger partial charge is 0.242 e. The molecule has 1 unspecified atom stereocenters. The molecule has 36 heavy (non-hydrogen) atoms. The van der Waals surface area contributed by atoms with Gasteiger partial charge in [0.15, 0.2) is 0 Å². The number of hydrogen-bond acceptors (Lipinski definition) is 4. The molecule has 2 aromatic rings. The van der Waals surface area contributed by atoms with E-state index < -0.39 is 27.4 Å². The van der Waals surface area contributed by atoms with Gasteiger partial charge in [0.1, 0.15) is 11.9 Å². The summed E-state index contributed by atoms with van der Waals surface area (Å²) >= 11 is 12.3. The summed E-state index contributed by atoms with van der Waals surface area (Å²) in [4.78, 5) is 27.6. The third kappa shape index (κ3) is 8.94. The molecule has 2 amide bonds. The first-order chi connectivity index (χ1) is 16.6. The molecule has 7 nitrogen and oxygen atoms in total. The predicted molar refractivity (Wildman–Crippen MR) is 142 cm³/mol. The van der Waals surface area contributed by atoms with Crippen LogP contribution in [0.25, 0.3) is 0 Å². The summed E-state index contributed by atoms with van der Waals surface area (Å²) in [7, 11) is -3.67. The van der Waals surface area contributed by atoms with Crippen LogP contribution in [0.15, 0.2) is 42.5 Å². The van der Waals surface area contributed by atoms with Crippen LogP contribution in [0.4, 0.5) is 10.1 Å². The zero-order valence-electron chi connectivity index (χ0n) is 21.0. The highest BCUT2D eigenvalue weighted by atomic mass is 35.5. The van der Waals surface area contributed by atoms with Gasteiger partial charge in [0.25, 0.3) is 0 Å². The lowest BCUT2D eigenvalue weighted by molar-refractivity contribution is -0.141. The fourth-order valence-corrected chi connectivity index (χ4v) is 4.94. The maximum atomic E-state index is 13.3. The summed E-state index contributed by atoms with van der Waals surface area (Å²) < 4.78 is 39.1. The van der Waals surface area contributed by atoms with Crippen LogP contribution in [0, 0.1) is 5.82 Å². The third-order valence-corrected chi connectivity index (χ3v) is 7.07. The normalized spacial score (nSPS) is 12.7. The third-order valence-electron chi connectivity index (χ3n) is 5.29. The molecule has 0 saturated heterocycles. The van der Waals surface area contributed by atoms with Gasteiger partial charge in [0, 0.05) is 35.1 Å². The lowest BCUT2D eigenvalue weighted by Crippen LogP contribution is -2.52. The highest BCUT2D eigenvalue weighted by molar-refractivity contribution is 7.92. The molecule has 198 valence electrons. The van der Waals surface area contributed by atoms with E-state index >= 15 is 0 Å². The summed E-state index contributed by atoms with van der Waals surface area (Å²) in [5.41, 5.74) is 0.423. The van der Waals surface area contributed by atoms with Crippen LogP contribution in [0.5, 0.6) is 0 Å². The molecule has 1 N–H and O–H groups in total. The minimum atomic E-state index is -3.67. The van der Waals surface area contributed by atoms with Crippen LogP contribution in [0.3, 0.4) is 0 Å². The number of halogens is 3. The minimum Gasteiger partial charge on any atom is -0.350 e. The van der Waals surface area contributed by atoms with Gasteiger partial charge >= 0.3 is 0 Å². The number of carbonyl (C=O) groups excluding carboxylic acids is 2. The van der Waals surface area contributed by atoms with Crippen molar-refractivity contribution in [1.29, 1.82) is 0 Å². The Morgan fingerprint density at radius 1 is 1.08 bits per heavy atom. The van der Waals surface area contributed by atoms with Crippen LogP contribution >= 0.6 is 23.2 Å². The monoisotopic (exact) mass is 559 g/mol. The Bertz CT molecular complexity index is 1180. The van der Waals surface area contributed by atoms with E-state index in [2.05, 4.69) is 5.32 Å². The maximum Gasteiger partial charge on any atom is 0.242 e. The summed E-state index contributed by atoms with van der Waals surface area (Å²) in [5.74, 6) is -1.16. The molecular weight excluding hydrogens is 528 g/mol. The van der Waals surface area contributed by atoms with E-state index in [1.807, 2.05) is 20.8 Å². The van der Waals surface area contributed by atoms with E-state index in [1.165, 1.54) is 29.2 Å². The van der Waals surface area contributed by atoms with Crippen LogP contribution < -0.4 is 9.62 Å². The van der Waals surface area contributed by atoms with Gasteiger partial charge in [0.2, 0.25) is 21.8 Å². The van der Waals surface area contributed by atoms with Gasteiger partial charge in [-0.1, -0.05) is 29.3 Å². The number of nitrogens with zero attached hydrogens (tertiary/aromatic N) is 2. The zero-order chi connectivity index (χ0) is 27.3. The number of benzene rings is 2. The largest absolute Gasteiger partial charge is 0.350 e. The number of nitrogens with one attached hydrogen (secondary N) is 1. The van der Waals surface area contributed by atoms with Crippen molar-refractivity contribution in [1.82, 2.24) is 10.2 Å². The number of anilines is 1. The standard InChI is InChI=1S/C25H32Cl2FN3O4S/c1-17(24(33)29-25(2,3)4)30(16-18-8-9-19(26)15-22(18)27)23(32)7-6-14-31(36(5,34)35)21-12-10-20(28)11-13-21/h8-13,15,17H,6-7,14,16H2,1-5H3,(H,29,33). The van der Waals surface area contributed by atoms with Crippen LogP contribution in [0.1, 0.15) is 46.1 Å². The van der Waals surface area contributed by atoms with Crippen molar-refractivity contribution in [2.75, 3.05) is 17.1 Å². The number of amides is 2. The second-order valence-corrected chi connectivity index (χ2v) is 12.3. The van der Waals surface area contributed by atoms with Gasteiger partial charge in [-0.25, -0.2) is 12.8 Å². The maximum absolute atomic E-state index is 13.3. The van der Waals surface area contributed by atoms with E-state index in [0.29, 0.717) is 21.3 Å². The molecule has 0 aliphatic carbocycles. The molecule has 0 saturated carbocycles. The molecule has 0 radical (unpaired) electrons. The van der Waals surface area contributed by atoms with Crippen molar-refractivity contribution in [3.63, 3.8) is 0 Å². The fraction of sp³-hybridized carbons (Fsp3) is 0.440. The quantitative estimate of drug-likeness (QED) is 0.443. The molecule has 0 bridgehead atoms. The summed E-state index contributed by atoms with van der Waals surface area (Å²) in [6.07, 6.45) is 1.21. The SMILES string of the molecule is CC(C(=O)NC(C)(C)C)N(Cc1ccc(Cl)cc1Cl)C(=O)CCCN(c1ccc(F)cc1)S(C)(=O)=O. The molecule has 0 aliphatic rings.